The van der Waals surface area contributed by atoms with E-state index in [0.29, 0.717) is 0 Å². The van der Waals surface area contributed by atoms with Crippen LogP contribution < -0.4 is 18.9 Å². The van der Waals surface area contributed by atoms with Gasteiger partial charge in [-0.3, -0.25) is 9.32 Å². The minimum atomic E-state index is -4.79. The smallest absolute Gasteiger partial charge is 0.391 e. The summed E-state index contributed by atoms with van der Waals surface area (Å²) in [7, 11) is -4.79. The molecule has 0 saturated heterocycles. The summed E-state index contributed by atoms with van der Waals surface area (Å²) in [5, 5.41) is 26.9. The molecule has 0 fully saturated rings. The second-order valence-corrected chi connectivity index (χ2v) is 4.15. The average Bonchev–Trinajstić information content (AvgIpc) is 2.10. The zero-order chi connectivity index (χ0) is 12.2. The summed E-state index contributed by atoms with van der Waals surface area (Å²) in [4.78, 5) is 27.4. The van der Waals surface area contributed by atoms with E-state index in [1.54, 1.807) is 0 Å². The van der Waals surface area contributed by atoms with E-state index in [1.165, 1.54) is 0 Å². The molecule has 0 unspecified atom stereocenters. The summed E-state index contributed by atoms with van der Waals surface area (Å²) in [5.41, 5.74) is 0. The Kier molecular flexibility index (Phi) is 8.79. The number of Topliss-reactive ketones (excluding diaryl/α,β-unsaturated/α-hetero) is 1. The first-order valence-corrected chi connectivity index (χ1v) is 5.45. The van der Waals surface area contributed by atoms with E-state index in [0.717, 1.165) is 6.92 Å². The topological polar surface area (TPSA) is 145 Å². The van der Waals surface area contributed by atoms with Gasteiger partial charge in [0, 0.05) is 0 Å². The Labute approximate surface area is 104 Å². The van der Waals surface area contributed by atoms with Crippen molar-refractivity contribution in [3.8, 4) is 0 Å². The second-order valence-electron chi connectivity index (χ2n) is 2.91. The number of ketones is 1. The molecule has 0 radical (unpaired) electrons. The van der Waals surface area contributed by atoms with Gasteiger partial charge in [0.2, 0.25) is 0 Å². The standard InChI is InChI=1S/C6H13O8P.Li/c1-3(7)5(9)6(10)4(8)2-14-15(11,12)13;/h3,5-7,9-10H,2H2,1H3,(H2,11,12,13);/q;+1/t3-,5+,6-;/m0./s1. The average molecular weight is 251 g/mol. The maximum Gasteiger partial charge on any atom is 1.00 e. The number of phosphoric ester groups is 1. The van der Waals surface area contributed by atoms with E-state index >= 15 is 0 Å². The number of rotatable bonds is 6. The molecule has 0 spiro atoms. The van der Waals surface area contributed by atoms with Crippen molar-refractivity contribution in [2.75, 3.05) is 6.61 Å². The Bertz CT molecular complexity index is 263. The number of aliphatic hydroxyl groups excluding tert-OH is 3. The number of hydrogen-bond donors (Lipinski definition) is 5. The Morgan fingerprint density at radius 2 is 1.75 bits per heavy atom. The maximum absolute atomic E-state index is 10.9. The van der Waals surface area contributed by atoms with E-state index in [4.69, 9.17) is 25.1 Å². The van der Waals surface area contributed by atoms with Crippen molar-refractivity contribution in [2.24, 2.45) is 0 Å². The molecule has 0 aliphatic heterocycles. The molecule has 0 bridgehead atoms. The van der Waals surface area contributed by atoms with Crippen LogP contribution in [0.3, 0.4) is 0 Å². The van der Waals surface area contributed by atoms with Gasteiger partial charge in [-0.25, -0.2) is 4.57 Å². The summed E-state index contributed by atoms with van der Waals surface area (Å²) in [6.07, 6.45) is -5.02. The molecular weight excluding hydrogens is 238 g/mol. The van der Waals surface area contributed by atoms with Crippen molar-refractivity contribution in [1.29, 1.82) is 0 Å². The van der Waals surface area contributed by atoms with Crippen LogP contribution in [0.15, 0.2) is 0 Å². The van der Waals surface area contributed by atoms with E-state index in [1.807, 2.05) is 0 Å². The molecule has 10 heteroatoms. The van der Waals surface area contributed by atoms with E-state index in [-0.39, 0.29) is 18.9 Å². The number of aliphatic hydroxyl groups is 3. The third kappa shape index (κ3) is 7.52. The van der Waals surface area contributed by atoms with Gasteiger partial charge in [-0.1, -0.05) is 0 Å². The van der Waals surface area contributed by atoms with E-state index < -0.39 is 38.5 Å². The van der Waals surface area contributed by atoms with Crippen LogP contribution in [0.5, 0.6) is 0 Å². The van der Waals surface area contributed by atoms with Crippen molar-refractivity contribution in [2.45, 2.75) is 25.2 Å². The minimum absolute atomic E-state index is 0. The summed E-state index contributed by atoms with van der Waals surface area (Å²) >= 11 is 0. The summed E-state index contributed by atoms with van der Waals surface area (Å²) < 4.78 is 14.0. The van der Waals surface area contributed by atoms with E-state index in [2.05, 4.69) is 4.52 Å². The molecule has 90 valence electrons. The normalized spacial score (nSPS) is 17.1. The third-order valence-corrected chi connectivity index (χ3v) is 1.99. The van der Waals surface area contributed by atoms with E-state index in [9.17, 15) is 9.36 Å². The fourth-order valence-electron chi connectivity index (χ4n) is 0.687. The summed E-state index contributed by atoms with van der Waals surface area (Å²) in [6, 6.07) is 0. The summed E-state index contributed by atoms with van der Waals surface area (Å²) in [5.74, 6) is -1.13. The molecule has 3 atom stereocenters. The van der Waals surface area contributed by atoms with Crippen LogP contribution in [0.4, 0.5) is 0 Å². The predicted molar refractivity (Wildman–Crippen MR) is 46.7 cm³/mol. The van der Waals surface area contributed by atoms with Crippen molar-refractivity contribution in [1.82, 2.24) is 0 Å². The van der Waals surface area contributed by atoms with Crippen LogP contribution in [-0.2, 0) is 13.9 Å². The SMILES string of the molecule is C[C@H](O)[C@@H](O)[C@@H](O)C(=O)COP(=O)(O)O.[Li+]. The fraction of sp³-hybridized carbons (Fsp3) is 0.833. The Hall–Kier alpha value is 0.257. The van der Waals surface area contributed by atoms with Gasteiger partial charge in [-0.2, -0.15) is 0 Å². The number of carbonyl (C=O) groups excluding carboxylic acids is 1. The van der Waals surface area contributed by atoms with Gasteiger partial charge in [0.1, 0.15) is 18.8 Å². The second kappa shape index (κ2) is 7.56. The van der Waals surface area contributed by atoms with Crippen molar-refractivity contribution >= 4 is 13.6 Å². The first-order valence-electron chi connectivity index (χ1n) is 3.92. The van der Waals surface area contributed by atoms with Crippen LogP contribution >= 0.6 is 7.82 Å². The molecule has 5 N–H and O–H groups in total. The van der Waals surface area contributed by atoms with Gasteiger partial charge in [0.05, 0.1) is 6.10 Å². The molecule has 0 rings (SSSR count). The molecule has 0 saturated carbocycles. The van der Waals surface area contributed by atoms with Crippen LogP contribution in [0.2, 0.25) is 0 Å². The molecular formula is C6H13LiO8P+. The molecule has 0 aliphatic carbocycles. The Morgan fingerprint density at radius 3 is 2.06 bits per heavy atom. The van der Waals surface area contributed by atoms with Crippen LogP contribution in [-0.4, -0.2) is 55.8 Å². The molecule has 0 aromatic rings. The first kappa shape index (κ1) is 18.6. The largest absolute Gasteiger partial charge is 1.00 e. The monoisotopic (exact) mass is 251 g/mol. The molecule has 0 amide bonds. The van der Waals surface area contributed by atoms with Gasteiger partial charge < -0.3 is 25.1 Å². The van der Waals surface area contributed by atoms with Crippen LogP contribution in [0, 0.1) is 0 Å². The zero-order valence-electron chi connectivity index (χ0n) is 8.85. The minimum Gasteiger partial charge on any atom is -0.391 e. The number of hydrogen-bond acceptors (Lipinski definition) is 6. The van der Waals surface area contributed by atoms with Crippen molar-refractivity contribution in [3.63, 3.8) is 0 Å². The number of carbonyl (C=O) groups is 1. The quantitative estimate of drug-likeness (QED) is 0.232. The Balaban J connectivity index is 0. The molecule has 0 heterocycles. The summed E-state index contributed by atoms with van der Waals surface area (Å²) in [6.45, 7) is 0.0974. The van der Waals surface area contributed by atoms with Gasteiger partial charge >= 0.3 is 26.7 Å². The number of phosphoric acid groups is 1. The predicted octanol–water partition coefficient (Wildman–Crippen LogP) is -5.23. The molecule has 0 aromatic heterocycles. The Morgan fingerprint density at radius 1 is 1.31 bits per heavy atom. The fourth-order valence-corrected chi connectivity index (χ4v) is 0.983. The van der Waals surface area contributed by atoms with Gasteiger partial charge in [-0.05, 0) is 6.92 Å². The van der Waals surface area contributed by atoms with Crippen LogP contribution in [0.25, 0.3) is 0 Å². The molecule has 0 aromatic carbocycles. The molecule has 16 heavy (non-hydrogen) atoms. The zero-order valence-corrected chi connectivity index (χ0v) is 9.74. The van der Waals surface area contributed by atoms with Crippen LogP contribution in [0.1, 0.15) is 6.92 Å². The molecule has 8 nitrogen and oxygen atoms in total. The van der Waals surface area contributed by atoms with Crippen molar-refractivity contribution in [3.05, 3.63) is 0 Å². The third-order valence-electron chi connectivity index (χ3n) is 1.52. The maximum atomic E-state index is 10.9. The first-order chi connectivity index (χ1) is 6.65. The van der Waals surface area contributed by atoms with Gasteiger partial charge in [0.25, 0.3) is 0 Å². The van der Waals surface area contributed by atoms with Gasteiger partial charge in [0.15, 0.2) is 5.78 Å². The molecule has 0 aliphatic rings. The van der Waals surface area contributed by atoms with Crippen molar-refractivity contribution < 1.29 is 57.9 Å². The van der Waals surface area contributed by atoms with Gasteiger partial charge in [-0.15, -0.1) is 0 Å².